The minimum absolute atomic E-state index is 0.0288. The summed E-state index contributed by atoms with van der Waals surface area (Å²) in [5, 5.41) is 24.3. The van der Waals surface area contributed by atoms with Gasteiger partial charge in [-0.05, 0) is 31.2 Å². The number of rotatable bonds is 21. The lowest BCUT2D eigenvalue weighted by atomic mass is 10.1. The van der Waals surface area contributed by atoms with Crippen molar-refractivity contribution in [3.05, 3.63) is 56.1 Å². The predicted molar refractivity (Wildman–Crippen MR) is 156 cm³/mol. The third-order valence-electron chi connectivity index (χ3n) is 5.69. The zero-order valence-electron chi connectivity index (χ0n) is 23.9. The number of benzene rings is 1. The molecule has 43 heavy (non-hydrogen) atoms. The molecule has 238 valence electrons. The number of amides is 2. The highest BCUT2D eigenvalue weighted by molar-refractivity contribution is 5.90. The summed E-state index contributed by atoms with van der Waals surface area (Å²) >= 11 is 0. The Balaban J connectivity index is 2.48. The van der Waals surface area contributed by atoms with Gasteiger partial charge in [0.2, 0.25) is 11.8 Å². The average Bonchev–Trinajstić information content (AvgIpc) is 2.94. The third-order valence-corrected chi connectivity index (χ3v) is 5.69. The fraction of sp³-hybridized carbons (Fsp3) is 0.560. The number of nitrogens with two attached hydrogens (primary N) is 2. The van der Waals surface area contributed by atoms with Gasteiger partial charge in [0.25, 0.3) is 11.9 Å². The number of hydrogen-bond acceptors (Lipinski definition) is 10. The van der Waals surface area contributed by atoms with E-state index in [9.17, 15) is 34.6 Å². The zero-order valence-corrected chi connectivity index (χ0v) is 23.9. The molecule has 2 amide bonds. The summed E-state index contributed by atoms with van der Waals surface area (Å²) in [6, 6.07) is 7.89. The molecule has 0 aliphatic heterocycles. The van der Waals surface area contributed by atoms with Crippen molar-refractivity contribution < 1.29 is 29.2 Å². The second kappa shape index (κ2) is 21.7. The molecule has 8 N–H and O–H groups in total. The van der Waals surface area contributed by atoms with E-state index in [-0.39, 0.29) is 50.4 Å². The zero-order chi connectivity index (χ0) is 31.9. The lowest BCUT2D eigenvalue weighted by Crippen LogP contribution is -2.48. The van der Waals surface area contributed by atoms with Crippen molar-refractivity contribution in [1.29, 1.82) is 0 Å². The van der Waals surface area contributed by atoms with E-state index < -0.39 is 28.0 Å². The summed E-state index contributed by atoms with van der Waals surface area (Å²) in [5.41, 5.74) is 14.9. The number of hydrazine groups is 2. The van der Waals surface area contributed by atoms with Crippen LogP contribution in [0.4, 0.5) is 0 Å². The number of esters is 1. The summed E-state index contributed by atoms with van der Waals surface area (Å²) in [6.07, 6.45) is 4.32. The van der Waals surface area contributed by atoms with Gasteiger partial charge in [-0.3, -0.25) is 14.4 Å². The number of nitro groups is 2. The first-order chi connectivity index (χ1) is 20.6. The average molecular weight is 609 g/mol. The highest BCUT2D eigenvalue weighted by atomic mass is 16.7. The summed E-state index contributed by atoms with van der Waals surface area (Å²) in [6.45, 7) is 0.792. The van der Waals surface area contributed by atoms with Crippen LogP contribution in [0.25, 0.3) is 0 Å². The van der Waals surface area contributed by atoms with Gasteiger partial charge in [0.1, 0.15) is 12.6 Å². The molecule has 18 heteroatoms. The van der Waals surface area contributed by atoms with E-state index in [1.807, 2.05) is 6.07 Å². The van der Waals surface area contributed by atoms with Crippen LogP contribution in [0.2, 0.25) is 0 Å². The number of guanidine groups is 2. The maximum absolute atomic E-state index is 12.8. The van der Waals surface area contributed by atoms with E-state index in [4.69, 9.17) is 16.2 Å². The van der Waals surface area contributed by atoms with Crippen LogP contribution in [-0.4, -0.2) is 65.4 Å². The Hall–Kier alpha value is -5.03. The van der Waals surface area contributed by atoms with Crippen LogP contribution in [-0.2, 0) is 25.7 Å². The molecule has 0 radical (unpaired) electrons. The minimum Gasteiger partial charge on any atom is -0.461 e. The molecule has 0 bridgehead atoms. The maximum atomic E-state index is 12.8. The second-order valence-corrected chi connectivity index (χ2v) is 9.26. The van der Waals surface area contributed by atoms with Crippen molar-refractivity contribution in [1.82, 2.24) is 21.5 Å². The smallest absolute Gasteiger partial charge is 0.308 e. The molecular weight excluding hydrogens is 568 g/mol. The van der Waals surface area contributed by atoms with E-state index in [1.54, 1.807) is 35.1 Å². The molecule has 0 saturated heterocycles. The number of carbonyl (C=O) groups is 3. The molecule has 0 saturated carbocycles. The molecule has 0 aliphatic carbocycles. The molecule has 1 aromatic rings. The predicted octanol–water partition coefficient (Wildman–Crippen LogP) is 0.0337. The van der Waals surface area contributed by atoms with Crippen molar-refractivity contribution in [3.63, 3.8) is 0 Å². The molecule has 1 rings (SSSR count). The molecule has 1 unspecified atom stereocenters. The summed E-state index contributed by atoms with van der Waals surface area (Å²) in [4.78, 5) is 66.0. The van der Waals surface area contributed by atoms with E-state index >= 15 is 0 Å². The van der Waals surface area contributed by atoms with Crippen LogP contribution in [0.15, 0.2) is 40.3 Å². The van der Waals surface area contributed by atoms with Gasteiger partial charge >= 0.3 is 5.97 Å². The van der Waals surface area contributed by atoms with Crippen LogP contribution < -0.4 is 33.0 Å². The van der Waals surface area contributed by atoms with E-state index in [0.29, 0.717) is 32.2 Å². The Morgan fingerprint density at radius 3 is 2.00 bits per heavy atom. The first-order valence-electron chi connectivity index (χ1n) is 13.8. The van der Waals surface area contributed by atoms with E-state index in [1.165, 1.54) is 0 Å². The summed E-state index contributed by atoms with van der Waals surface area (Å²) < 4.78 is 5.27. The van der Waals surface area contributed by atoms with Crippen LogP contribution in [0.5, 0.6) is 0 Å². The van der Waals surface area contributed by atoms with Gasteiger partial charge in [0.15, 0.2) is 10.1 Å². The van der Waals surface area contributed by atoms with Gasteiger partial charge in [0.05, 0.1) is 6.42 Å². The second-order valence-electron chi connectivity index (χ2n) is 9.26. The Labute approximate surface area is 248 Å². The summed E-state index contributed by atoms with van der Waals surface area (Å²) in [7, 11) is 0. The highest BCUT2D eigenvalue weighted by Gasteiger charge is 2.24. The number of ether oxygens (including phenoxy) is 1. The van der Waals surface area contributed by atoms with E-state index in [2.05, 4.69) is 20.6 Å². The Bertz CT molecular complexity index is 1100. The molecule has 0 spiro atoms. The summed E-state index contributed by atoms with van der Waals surface area (Å²) in [5.74, 6) is -2.17. The lowest BCUT2D eigenvalue weighted by molar-refractivity contribution is -0.525. The fourth-order valence-corrected chi connectivity index (χ4v) is 3.60. The van der Waals surface area contributed by atoms with Gasteiger partial charge in [-0.25, -0.2) is 30.2 Å². The van der Waals surface area contributed by atoms with Crippen molar-refractivity contribution >= 4 is 29.7 Å². The van der Waals surface area contributed by atoms with Crippen LogP contribution >= 0.6 is 0 Å². The molecule has 18 nitrogen and oxygen atoms in total. The number of hydrogen-bond donors (Lipinski definition) is 6. The van der Waals surface area contributed by atoms with Gasteiger partial charge in [0, 0.05) is 26.1 Å². The Morgan fingerprint density at radius 2 is 1.40 bits per heavy atom. The largest absolute Gasteiger partial charge is 0.461 e. The van der Waals surface area contributed by atoms with Gasteiger partial charge in [-0.15, -0.1) is 0 Å². The van der Waals surface area contributed by atoms with Gasteiger partial charge in [-0.2, -0.15) is 0 Å². The molecule has 0 fully saturated rings. The quantitative estimate of drug-likeness (QED) is 0.0269. The SMILES string of the molecule is NC(=NCCCCCCCC(=O)NC(CC(=O)OCc1ccccc1)C(=O)NCCCCN=C(N)N[N+](=O)[O-])N[N+](=O)[O-]. The topological polar surface area (TPSA) is 272 Å². The third kappa shape index (κ3) is 19.6. The standard InChI is InChI=1S/C25H40N10O8/c26-24(32-34(39)40)29-15-8-3-1-2-7-13-21(36)31-20(17-22(37)43-18-19-11-5-4-6-12-19)23(38)28-14-9-10-16-30-25(27)33-35(41)42/h4-6,11-12,20H,1-3,7-10,13-18H2,(H,28,38)(H,31,36)(H3,26,29,32)(H3,27,30,33). The normalized spacial score (nSPS) is 12.1. The highest BCUT2D eigenvalue weighted by Crippen LogP contribution is 2.07. The van der Waals surface area contributed by atoms with Crippen LogP contribution in [0.1, 0.15) is 63.4 Å². The lowest BCUT2D eigenvalue weighted by Gasteiger charge is -2.18. The first-order valence-corrected chi connectivity index (χ1v) is 13.8. The molecule has 0 aliphatic rings. The number of unbranched alkanes of at least 4 members (excludes halogenated alkanes) is 5. The molecule has 1 atom stereocenters. The minimum atomic E-state index is -1.13. The van der Waals surface area contributed by atoms with Gasteiger partial charge in [-0.1, -0.05) is 60.4 Å². The number of aliphatic imine (C=N–C) groups is 2. The molecular formula is C25H40N10O8. The molecule has 1 aromatic carbocycles. The Kier molecular flexibility index (Phi) is 18.2. The monoisotopic (exact) mass is 608 g/mol. The van der Waals surface area contributed by atoms with Gasteiger partial charge < -0.3 is 26.8 Å². The van der Waals surface area contributed by atoms with Crippen molar-refractivity contribution in [2.75, 3.05) is 19.6 Å². The number of nitrogens with zero attached hydrogens (tertiary/aromatic N) is 4. The van der Waals surface area contributed by atoms with E-state index in [0.717, 1.165) is 24.8 Å². The first kappa shape index (κ1) is 36.0. The molecule has 0 aromatic heterocycles. The number of nitrogens with one attached hydrogen (secondary N) is 4. The van der Waals surface area contributed by atoms with Crippen molar-refractivity contribution in [3.8, 4) is 0 Å². The van der Waals surface area contributed by atoms with Crippen molar-refractivity contribution in [2.45, 2.75) is 70.4 Å². The fourth-order valence-electron chi connectivity index (χ4n) is 3.60. The number of carbonyl (C=O) groups excluding carboxylic acids is 3. The van der Waals surface area contributed by atoms with Crippen LogP contribution in [0.3, 0.4) is 0 Å². The van der Waals surface area contributed by atoms with Crippen molar-refractivity contribution in [2.24, 2.45) is 21.5 Å². The maximum Gasteiger partial charge on any atom is 0.308 e. The Morgan fingerprint density at radius 1 is 0.837 bits per heavy atom. The molecule has 0 heterocycles. The van der Waals surface area contributed by atoms with Crippen LogP contribution in [0, 0.1) is 20.2 Å².